The van der Waals surface area contributed by atoms with Gasteiger partial charge in [-0.1, -0.05) is 27.7 Å². The van der Waals surface area contributed by atoms with E-state index in [9.17, 15) is 14.4 Å². The van der Waals surface area contributed by atoms with Gasteiger partial charge in [0.1, 0.15) is 5.69 Å². The van der Waals surface area contributed by atoms with E-state index in [2.05, 4.69) is 18.8 Å². The first-order valence-corrected chi connectivity index (χ1v) is 9.16. The van der Waals surface area contributed by atoms with Crippen LogP contribution in [0.2, 0.25) is 0 Å². The van der Waals surface area contributed by atoms with Gasteiger partial charge in [-0.25, -0.2) is 4.79 Å². The maximum Gasteiger partial charge on any atom is 0.354 e. The maximum atomic E-state index is 12.9. The first kappa shape index (κ1) is 21.9. The second kappa shape index (κ2) is 9.55. The fourth-order valence-electron chi connectivity index (χ4n) is 2.91. The molecule has 1 N–H and O–H groups in total. The van der Waals surface area contributed by atoms with Crippen molar-refractivity contribution in [1.29, 1.82) is 0 Å². The number of nitrogens with zero attached hydrogens (tertiary/aromatic N) is 1. The van der Waals surface area contributed by atoms with Crippen molar-refractivity contribution in [2.45, 2.75) is 54.4 Å². The van der Waals surface area contributed by atoms with E-state index < -0.39 is 5.97 Å². The number of hydrogen-bond donors (Lipinski definition) is 1. The van der Waals surface area contributed by atoms with Crippen LogP contribution in [0.15, 0.2) is 0 Å². The number of ether oxygens (including phenoxy) is 1. The number of nitrogens with one attached hydrogen (secondary N) is 1. The molecule has 6 heteroatoms. The van der Waals surface area contributed by atoms with Crippen molar-refractivity contribution in [3.8, 4) is 0 Å². The highest BCUT2D eigenvalue weighted by atomic mass is 16.5. The number of esters is 1. The van der Waals surface area contributed by atoms with Crippen molar-refractivity contribution in [1.82, 2.24) is 9.88 Å². The predicted octanol–water partition coefficient (Wildman–Crippen LogP) is 3.52. The summed E-state index contributed by atoms with van der Waals surface area (Å²) in [5, 5.41) is 0. The van der Waals surface area contributed by atoms with Crippen LogP contribution in [0.25, 0.3) is 0 Å². The van der Waals surface area contributed by atoms with Crippen LogP contribution in [0.4, 0.5) is 0 Å². The summed E-state index contributed by atoms with van der Waals surface area (Å²) in [6, 6.07) is 0. The van der Waals surface area contributed by atoms with Gasteiger partial charge in [-0.15, -0.1) is 0 Å². The van der Waals surface area contributed by atoms with E-state index in [-0.39, 0.29) is 29.8 Å². The number of carbonyl (C=O) groups is 3. The van der Waals surface area contributed by atoms with Gasteiger partial charge in [-0.3, -0.25) is 9.59 Å². The van der Waals surface area contributed by atoms with Crippen LogP contribution >= 0.6 is 0 Å². The van der Waals surface area contributed by atoms with E-state index in [0.29, 0.717) is 35.7 Å². The van der Waals surface area contributed by atoms with Crippen molar-refractivity contribution in [3.63, 3.8) is 0 Å². The van der Waals surface area contributed by atoms with Gasteiger partial charge in [-0.05, 0) is 37.7 Å². The molecule has 0 atom stereocenters. The lowest BCUT2D eigenvalue weighted by molar-refractivity contribution is -0.131. The lowest BCUT2D eigenvalue weighted by Gasteiger charge is -2.24. The number of aromatic amines is 1. The lowest BCUT2D eigenvalue weighted by Crippen LogP contribution is -2.37. The van der Waals surface area contributed by atoms with Gasteiger partial charge < -0.3 is 14.6 Å². The molecule has 1 rings (SSSR count). The van der Waals surface area contributed by atoms with Crippen molar-refractivity contribution in [2.24, 2.45) is 11.8 Å². The van der Waals surface area contributed by atoms with Crippen LogP contribution in [-0.2, 0) is 9.53 Å². The Morgan fingerprint density at radius 1 is 1.08 bits per heavy atom. The van der Waals surface area contributed by atoms with Crippen molar-refractivity contribution < 1.29 is 19.1 Å². The Labute approximate surface area is 156 Å². The molecular weight excluding hydrogens is 332 g/mol. The number of aromatic nitrogens is 1. The van der Waals surface area contributed by atoms with Crippen LogP contribution < -0.4 is 0 Å². The molecule has 0 unspecified atom stereocenters. The monoisotopic (exact) mass is 364 g/mol. The quantitative estimate of drug-likeness (QED) is 0.537. The summed E-state index contributed by atoms with van der Waals surface area (Å²) in [7, 11) is 1.30. The molecule has 0 aliphatic heterocycles. The molecule has 0 saturated carbocycles. The van der Waals surface area contributed by atoms with Gasteiger partial charge >= 0.3 is 5.97 Å². The number of aryl methyl sites for hydroxylation is 1. The van der Waals surface area contributed by atoms with E-state index >= 15 is 0 Å². The third kappa shape index (κ3) is 5.71. The first-order valence-electron chi connectivity index (χ1n) is 9.16. The summed E-state index contributed by atoms with van der Waals surface area (Å²) in [6.45, 7) is 12.2. The summed E-state index contributed by atoms with van der Waals surface area (Å²) >= 11 is 0. The molecule has 6 nitrogen and oxygen atoms in total. The number of rotatable bonds is 9. The largest absolute Gasteiger partial charge is 0.464 e. The fraction of sp³-hybridized carbons (Fsp3) is 0.650. The summed E-state index contributed by atoms with van der Waals surface area (Å²) < 4.78 is 4.75. The molecular formula is C20H32N2O4. The summed E-state index contributed by atoms with van der Waals surface area (Å²) in [4.78, 5) is 41.8. The third-order valence-electron chi connectivity index (χ3n) is 4.35. The minimum atomic E-state index is -0.503. The average molecular weight is 364 g/mol. The standard InChI is InChI=1S/C20H32N2O4/c1-12(2)8-9-22(17(24)10-13(3)4)11-16(23)18-14(5)19(20(25)26-7)21-15(18)6/h12-13,21H,8-11H2,1-7H3. The van der Waals surface area contributed by atoms with E-state index in [4.69, 9.17) is 4.74 Å². The van der Waals surface area contributed by atoms with E-state index in [0.717, 1.165) is 6.42 Å². The van der Waals surface area contributed by atoms with Gasteiger partial charge in [-0.2, -0.15) is 0 Å². The second-order valence-corrected chi connectivity index (χ2v) is 7.64. The number of ketones is 1. The van der Waals surface area contributed by atoms with Gasteiger partial charge in [0.2, 0.25) is 5.91 Å². The van der Waals surface area contributed by atoms with E-state index in [1.165, 1.54) is 7.11 Å². The number of carbonyl (C=O) groups excluding carboxylic acids is 3. The lowest BCUT2D eigenvalue weighted by atomic mass is 10.0. The zero-order valence-corrected chi connectivity index (χ0v) is 17.1. The molecule has 1 amide bonds. The minimum absolute atomic E-state index is 0.00645. The average Bonchev–Trinajstić information content (AvgIpc) is 2.84. The molecule has 26 heavy (non-hydrogen) atoms. The number of amides is 1. The third-order valence-corrected chi connectivity index (χ3v) is 4.35. The highest BCUT2D eigenvalue weighted by Crippen LogP contribution is 2.20. The summed E-state index contributed by atoms with van der Waals surface area (Å²) in [6.07, 6.45) is 1.26. The first-order chi connectivity index (χ1) is 12.1. The molecule has 0 fully saturated rings. The van der Waals surface area contributed by atoms with Crippen LogP contribution in [0, 0.1) is 25.7 Å². The van der Waals surface area contributed by atoms with Crippen LogP contribution in [0.5, 0.6) is 0 Å². The van der Waals surface area contributed by atoms with E-state index in [1.807, 2.05) is 13.8 Å². The zero-order chi connectivity index (χ0) is 20.0. The normalized spacial score (nSPS) is 11.1. The maximum absolute atomic E-state index is 12.9. The van der Waals surface area contributed by atoms with Crippen LogP contribution in [0.3, 0.4) is 0 Å². The smallest absolute Gasteiger partial charge is 0.354 e. The van der Waals surface area contributed by atoms with Crippen molar-refractivity contribution >= 4 is 17.7 Å². The van der Waals surface area contributed by atoms with Gasteiger partial charge in [0.15, 0.2) is 5.78 Å². The van der Waals surface area contributed by atoms with Gasteiger partial charge in [0.25, 0.3) is 0 Å². The Morgan fingerprint density at radius 3 is 2.19 bits per heavy atom. The Balaban J connectivity index is 3.03. The molecule has 1 heterocycles. The predicted molar refractivity (Wildman–Crippen MR) is 101 cm³/mol. The highest BCUT2D eigenvalue weighted by Gasteiger charge is 2.25. The van der Waals surface area contributed by atoms with Crippen molar-refractivity contribution in [3.05, 3.63) is 22.5 Å². The highest BCUT2D eigenvalue weighted by molar-refractivity contribution is 6.04. The summed E-state index contributed by atoms with van der Waals surface area (Å²) in [5.41, 5.74) is 1.94. The topological polar surface area (TPSA) is 79.5 Å². The zero-order valence-electron chi connectivity index (χ0n) is 17.1. The number of Topliss-reactive ketones (excluding diaryl/α,β-unsaturated/α-hetero) is 1. The molecule has 0 bridgehead atoms. The van der Waals surface area contributed by atoms with Gasteiger partial charge in [0, 0.05) is 24.2 Å². The summed E-state index contributed by atoms with van der Waals surface area (Å²) in [5.74, 6) is 0.0133. The van der Waals surface area contributed by atoms with Crippen LogP contribution in [-0.4, -0.2) is 47.7 Å². The number of methoxy groups -OCH3 is 1. The van der Waals surface area contributed by atoms with Gasteiger partial charge in [0.05, 0.1) is 13.7 Å². The Hall–Kier alpha value is -2.11. The Morgan fingerprint density at radius 2 is 1.69 bits per heavy atom. The Bertz CT molecular complexity index is 659. The molecule has 0 aliphatic rings. The molecule has 1 aromatic rings. The number of hydrogen-bond acceptors (Lipinski definition) is 4. The minimum Gasteiger partial charge on any atom is -0.464 e. The molecule has 0 saturated heterocycles. The molecule has 0 aliphatic carbocycles. The van der Waals surface area contributed by atoms with E-state index in [1.54, 1.807) is 18.7 Å². The van der Waals surface area contributed by atoms with Crippen molar-refractivity contribution in [2.75, 3.05) is 20.2 Å². The molecule has 0 radical (unpaired) electrons. The second-order valence-electron chi connectivity index (χ2n) is 7.64. The number of H-pyrrole nitrogens is 1. The Kier molecular flexibility index (Phi) is 8.06. The van der Waals surface area contributed by atoms with Crippen LogP contribution in [0.1, 0.15) is 72.6 Å². The molecule has 146 valence electrons. The SMILES string of the molecule is COC(=O)c1[nH]c(C)c(C(=O)CN(CCC(C)C)C(=O)CC(C)C)c1C. The molecule has 1 aromatic heterocycles. The fourth-order valence-corrected chi connectivity index (χ4v) is 2.91. The molecule has 0 spiro atoms. The molecule has 0 aromatic carbocycles.